The number of sulfone groups is 1. The minimum absolute atomic E-state index is 0.00283. The van der Waals surface area contributed by atoms with Gasteiger partial charge in [-0.1, -0.05) is 13.0 Å². The third kappa shape index (κ3) is 9.73. The summed E-state index contributed by atoms with van der Waals surface area (Å²) in [7, 11) is -3.74. The Morgan fingerprint density at radius 3 is 2.41 bits per heavy atom. The first-order valence-electron chi connectivity index (χ1n) is 16.7. The van der Waals surface area contributed by atoms with Crippen LogP contribution in [0, 0.1) is 5.82 Å². The number of fused-ring (bicyclic) bond motifs is 1. The number of aliphatic carboxylic acids is 1. The summed E-state index contributed by atoms with van der Waals surface area (Å²) < 4.78 is 84.7. The van der Waals surface area contributed by atoms with Gasteiger partial charge >= 0.3 is 18.2 Å². The second kappa shape index (κ2) is 17.6. The number of benzene rings is 3. The Bertz CT molecular complexity index is 2100. The van der Waals surface area contributed by atoms with Crippen LogP contribution in [0.15, 0.2) is 78.0 Å². The van der Waals surface area contributed by atoms with Crippen LogP contribution < -0.4 is 20.9 Å². The van der Waals surface area contributed by atoms with Gasteiger partial charge in [-0.3, -0.25) is 20.1 Å². The van der Waals surface area contributed by atoms with Crippen molar-refractivity contribution < 1.29 is 54.9 Å². The summed E-state index contributed by atoms with van der Waals surface area (Å²) in [6.07, 6.45) is -1.45. The second-order valence-electron chi connectivity index (χ2n) is 11.8. The number of nitrogens with one attached hydrogen (secondary N) is 1. The zero-order valence-electron chi connectivity index (χ0n) is 29.5. The molecule has 1 aliphatic heterocycles. The molecular weight excluding hydrogens is 738 g/mol. The van der Waals surface area contributed by atoms with E-state index < -0.39 is 51.9 Å². The molecule has 2 amide bonds. The van der Waals surface area contributed by atoms with Crippen molar-refractivity contribution in [2.24, 2.45) is 5.84 Å². The summed E-state index contributed by atoms with van der Waals surface area (Å²) in [5.41, 5.74) is 1.11. The zero-order valence-corrected chi connectivity index (χ0v) is 30.3. The third-order valence-corrected chi connectivity index (χ3v) is 10.2. The maximum absolute atomic E-state index is 15.7. The number of hydrogen-bond donors (Lipinski definition) is 3. The number of hydrazine groups is 1. The highest BCUT2D eigenvalue weighted by molar-refractivity contribution is 7.91. The first kappa shape index (κ1) is 41.3. The van der Waals surface area contributed by atoms with E-state index in [1.807, 2.05) is 12.1 Å². The number of halogens is 4. The molecule has 290 valence electrons. The minimum atomic E-state index is -5.08. The first-order chi connectivity index (χ1) is 25.5. The fourth-order valence-corrected chi connectivity index (χ4v) is 7.03. The van der Waals surface area contributed by atoms with E-state index in [2.05, 4.69) is 10.3 Å². The second-order valence-corrected chi connectivity index (χ2v) is 14.1. The Labute approximate surface area is 308 Å². The Hall–Kier alpha value is -5.49. The number of aromatic nitrogens is 1. The molecule has 1 aromatic heterocycles. The van der Waals surface area contributed by atoms with E-state index in [0.29, 0.717) is 42.1 Å². The van der Waals surface area contributed by atoms with Crippen LogP contribution in [0.3, 0.4) is 0 Å². The van der Waals surface area contributed by atoms with Crippen molar-refractivity contribution in [3.63, 3.8) is 0 Å². The average Bonchev–Trinajstić information content (AvgIpc) is 3.63. The molecule has 0 unspecified atom stereocenters. The Morgan fingerprint density at radius 1 is 1.04 bits per heavy atom. The van der Waals surface area contributed by atoms with Crippen LogP contribution in [-0.2, 0) is 24.2 Å². The van der Waals surface area contributed by atoms with Crippen molar-refractivity contribution in [1.29, 1.82) is 0 Å². The molecule has 5 rings (SSSR count). The first-order valence-corrected chi connectivity index (χ1v) is 18.4. The number of pyridine rings is 1. The smallest absolute Gasteiger partial charge is 0.490 e. The van der Waals surface area contributed by atoms with Gasteiger partial charge in [0.05, 0.1) is 35.6 Å². The van der Waals surface area contributed by atoms with E-state index in [1.165, 1.54) is 42.3 Å². The molecule has 2 atom stereocenters. The summed E-state index contributed by atoms with van der Waals surface area (Å²) in [6, 6.07) is 13.7. The number of carbonyl (C=O) groups is 3. The van der Waals surface area contributed by atoms with Gasteiger partial charge < -0.3 is 19.5 Å². The largest absolute Gasteiger partial charge is 0.494 e. The van der Waals surface area contributed by atoms with Gasteiger partial charge in [0.15, 0.2) is 15.9 Å². The number of nitrogens with zero attached hydrogens (tertiary/aromatic N) is 3. The molecule has 1 fully saturated rings. The lowest BCUT2D eigenvalue weighted by atomic mass is 9.99. The number of nitrogens with two attached hydrogens (primary N) is 1. The van der Waals surface area contributed by atoms with E-state index in [4.69, 9.17) is 25.2 Å². The standard InChI is InChI=1S/C34H38FN5O6S.C2HF3O2/c1-4-45-26-12-13-29(35)27(20-26)32(40(36)25-11-9-23-21-37-16-15-22(23)18-25)33(41)39-17-7-8-30(39)28-19-24(38-34(42)46-5-2)10-14-31(28)47(43,44)6-3;3-2(4,5)1(6)7/h9-16,18-21,30,32H,4-8,17,36H2,1-3H3,(H,38,42);(H,6,7)/t30-,32-;/m1./s1. The molecule has 4 N–H and O–H groups in total. The number of anilines is 2. The number of likely N-dealkylation sites (tertiary alicyclic amines) is 1. The monoisotopic (exact) mass is 777 g/mol. The van der Waals surface area contributed by atoms with Crippen molar-refractivity contribution in [1.82, 2.24) is 9.88 Å². The molecular formula is C36H39F4N5O8S. The number of carboxylic acids is 1. The third-order valence-electron chi connectivity index (χ3n) is 8.39. The van der Waals surface area contributed by atoms with Crippen molar-refractivity contribution >= 4 is 50.0 Å². The molecule has 2 heterocycles. The number of amides is 2. The average molecular weight is 778 g/mol. The lowest BCUT2D eigenvalue weighted by Crippen LogP contribution is -2.46. The maximum Gasteiger partial charge on any atom is 0.490 e. The molecule has 0 saturated carbocycles. The molecule has 0 bridgehead atoms. The predicted molar refractivity (Wildman–Crippen MR) is 191 cm³/mol. The van der Waals surface area contributed by atoms with Crippen LogP contribution in [0.2, 0.25) is 0 Å². The Morgan fingerprint density at radius 2 is 1.76 bits per heavy atom. The fourth-order valence-electron chi connectivity index (χ4n) is 5.89. The van der Waals surface area contributed by atoms with Crippen LogP contribution >= 0.6 is 0 Å². The van der Waals surface area contributed by atoms with Gasteiger partial charge in [-0.15, -0.1) is 0 Å². The topological polar surface area (TPSA) is 181 Å². The molecule has 1 saturated heterocycles. The summed E-state index contributed by atoms with van der Waals surface area (Å²) in [6.45, 7) is 5.75. The van der Waals surface area contributed by atoms with Crippen molar-refractivity contribution in [3.8, 4) is 5.75 Å². The van der Waals surface area contributed by atoms with E-state index in [9.17, 15) is 31.2 Å². The fraction of sp³-hybridized carbons (Fsp3) is 0.333. The predicted octanol–water partition coefficient (Wildman–Crippen LogP) is 6.55. The van der Waals surface area contributed by atoms with Crippen molar-refractivity contribution in [2.45, 2.75) is 56.8 Å². The molecule has 0 aliphatic carbocycles. The summed E-state index contributed by atoms with van der Waals surface area (Å²) in [5, 5.41) is 12.7. The van der Waals surface area contributed by atoms with E-state index in [0.717, 1.165) is 10.8 Å². The van der Waals surface area contributed by atoms with Gasteiger partial charge in [0.2, 0.25) is 0 Å². The van der Waals surface area contributed by atoms with Crippen molar-refractivity contribution in [2.75, 3.05) is 35.8 Å². The number of carbonyl (C=O) groups excluding carboxylic acids is 2. The van der Waals surface area contributed by atoms with Crippen LogP contribution in [0.4, 0.5) is 33.7 Å². The van der Waals surface area contributed by atoms with Crippen LogP contribution in [-0.4, -0.2) is 73.1 Å². The molecule has 0 radical (unpaired) electrons. The van der Waals surface area contributed by atoms with Gasteiger partial charge in [0.1, 0.15) is 11.6 Å². The molecule has 0 spiro atoms. The molecule has 18 heteroatoms. The highest BCUT2D eigenvalue weighted by Gasteiger charge is 2.41. The van der Waals surface area contributed by atoms with Gasteiger partial charge in [-0.2, -0.15) is 13.2 Å². The van der Waals surface area contributed by atoms with Gasteiger partial charge in [-0.25, -0.2) is 28.2 Å². The normalized spacial score (nSPS) is 14.8. The molecule has 4 aromatic rings. The van der Waals surface area contributed by atoms with Crippen molar-refractivity contribution in [3.05, 3.63) is 90.0 Å². The van der Waals surface area contributed by atoms with Crippen LogP contribution in [0.1, 0.15) is 56.8 Å². The minimum Gasteiger partial charge on any atom is -0.494 e. The van der Waals surface area contributed by atoms with Gasteiger partial charge in [0, 0.05) is 35.6 Å². The maximum atomic E-state index is 15.7. The summed E-state index contributed by atoms with van der Waals surface area (Å²) in [5.74, 6) is 3.00. The van der Waals surface area contributed by atoms with Gasteiger partial charge in [-0.05, 0) is 92.2 Å². The highest BCUT2D eigenvalue weighted by atomic mass is 32.2. The number of alkyl halides is 3. The number of rotatable bonds is 11. The lowest BCUT2D eigenvalue weighted by Gasteiger charge is -2.35. The Balaban J connectivity index is 0.000000845. The van der Waals surface area contributed by atoms with E-state index >= 15 is 4.39 Å². The molecule has 1 aliphatic rings. The zero-order chi connectivity index (χ0) is 39.8. The molecule has 54 heavy (non-hydrogen) atoms. The van der Waals surface area contributed by atoms with Gasteiger partial charge in [0.25, 0.3) is 5.91 Å². The summed E-state index contributed by atoms with van der Waals surface area (Å²) >= 11 is 0. The SMILES string of the molecule is CCOC(=O)Nc1ccc(S(=O)(=O)CC)c([C@H]2CCCN2C(=O)[C@@H](c2cc(OCC)ccc2F)N(N)c2ccc3cnccc3c2)c1.O=C(O)C(F)(F)F. The van der Waals surface area contributed by atoms with Crippen LogP contribution in [0.5, 0.6) is 5.75 Å². The van der Waals surface area contributed by atoms with Crippen LogP contribution in [0.25, 0.3) is 10.8 Å². The lowest BCUT2D eigenvalue weighted by molar-refractivity contribution is -0.192. The number of hydrogen-bond acceptors (Lipinski definition) is 10. The van der Waals surface area contributed by atoms with E-state index in [-0.39, 0.29) is 29.4 Å². The number of carboxylic acid groups (broad SMARTS) is 1. The highest BCUT2D eigenvalue weighted by Crippen LogP contribution is 2.41. The van der Waals surface area contributed by atoms with E-state index in [1.54, 1.807) is 49.3 Å². The summed E-state index contributed by atoms with van der Waals surface area (Å²) in [4.78, 5) is 41.6. The Kier molecular flexibility index (Phi) is 13.4. The quantitative estimate of drug-likeness (QED) is 0.0853. The molecule has 13 nitrogen and oxygen atoms in total. The molecule has 3 aromatic carbocycles. The number of ether oxygens (including phenoxy) is 2.